The SMILES string of the molecule is C=Cc1cccc(-c2c(C=C)c(C=C)c(C3=CC4c5ccccc5OC4C=C3)c3ccccc23)c1C=C. The van der Waals surface area contributed by atoms with Crippen LogP contribution >= 0.6 is 0 Å². The van der Waals surface area contributed by atoms with Crippen LogP contribution in [0, 0.1) is 0 Å². The number of ether oxygens (including phenoxy) is 1. The van der Waals surface area contributed by atoms with Gasteiger partial charge in [-0.15, -0.1) is 0 Å². The Bertz CT molecular complexity index is 1680. The van der Waals surface area contributed by atoms with Gasteiger partial charge in [-0.25, -0.2) is 0 Å². The van der Waals surface area contributed by atoms with Gasteiger partial charge in [0.05, 0.1) is 0 Å². The summed E-state index contributed by atoms with van der Waals surface area (Å²) in [7, 11) is 0. The van der Waals surface area contributed by atoms with E-state index in [2.05, 4.69) is 105 Å². The number of hydrogen-bond donors (Lipinski definition) is 0. The maximum absolute atomic E-state index is 6.22. The molecule has 0 aromatic heterocycles. The van der Waals surface area contributed by atoms with Crippen LogP contribution in [0.15, 0.2) is 111 Å². The summed E-state index contributed by atoms with van der Waals surface area (Å²) < 4.78 is 6.22. The highest BCUT2D eigenvalue weighted by Gasteiger charge is 2.34. The number of allylic oxidation sites excluding steroid dienone is 2. The van der Waals surface area contributed by atoms with Crippen LogP contribution in [0.2, 0.25) is 0 Å². The predicted octanol–water partition coefficient (Wildman–Crippen LogP) is 9.58. The molecule has 1 aliphatic carbocycles. The fraction of sp³-hybridized carbons (Fsp3) is 0.0556. The Kier molecular flexibility index (Phi) is 5.62. The van der Waals surface area contributed by atoms with Crippen molar-refractivity contribution < 1.29 is 4.74 Å². The van der Waals surface area contributed by atoms with E-state index in [1.165, 1.54) is 27.5 Å². The third-order valence-electron chi connectivity index (χ3n) is 7.54. The maximum Gasteiger partial charge on any atom is 0.128 e. The minimum Gasteiger partial charge on any atom is -0.485 e. The van der Waals surface area contributed by atoms with Crippen molar-refractivity contribution in [3.63, 3.8) is 0 Å². The minimum absolute atomic E-state index is 0.0227. The summed E-state index contributed by atoms with van der Waals surface area (Å²) in [5, 5.41) is 2.35. The first kappa shape index (κ1) is 22.8. The number of para-hydroxylation sites is 1. The summed E-state index contributed by atoms with van der Waals surface area (Å²) in [6.07, 6.45) is 14.5. The first-order chi connectivity index (χ1) is 18.2. The Morgan fingerprint density at radius 2 is 1.32 bits per heavy atom. The molecule has 2 unspecified atom stereocenters. The van der Waals surface area contributed by atoms with Crippen molar-refractivity contribution in [1.29, 1.82) is 0 Å². The topological polar surface area (TPSA) is 9.23 Å². The Morgan fingerprint density at radius 3 is 2.05 bits per heavy atom. The van der Waals surface area contributed by atoms with Gasteiger partial charge in [0, 0.05) is 11.5 Å². The van der Waals surface area contributed by atoms with Crippen molar-refractivity contribution in [2.45, 2.75) is 12.0 Å². The van der Waals surface area contributed by atoms with E-state index in [0.29, 0.717) is 0 Å². The van der Waals surface area contributed by atoms with Crippen LogP contribution in [0.5, 0.6) is 5.75 Å². The molecule has 6 rings (SSSR count). The van der Waals surface area contributed by atoms with Gasteiger partial charge in [0.2, 0.25) is 0 Å². The molecule has 2 aliphatic rings. The largest absolute Gasteiger partial charge is 0.485 e. The molecule has 0 saturated carbocycles. The molecule has 1 heterocycles. The molecule has 37 heavy (non-hydrogen) atoms. The van der Waals surface area contributed by atoms with Gasteiger partial charge in [-0.05, 0) is 67.4 Å². The smallest absolute Gasteiger partial charge is 0.128 e. The van der Waals surface area contributed by atoms with Crippen molar-refractivity contribution >= 4 is 40.6 Å². The number of hydrogen-bond acceptors (Lipinski definition) is 1. The van der Waals surface area contributed by atoms with E-state index in [0.717, 1.165) is 39.1 Å². The molecule has 4 aromatic carbocycles. The standard InChI is InChI=1S/C36H28O/c1-5-23-14-13-18-29(25(23)6-2)36-27(8-4)26(7-3)35(30-16-9-10-17-31(30)36)24-20-21-34-32(22-24)28-15-11-12-19-33(28)37-34/h5-22,32,34H,1-4H2. The third-order valence-corrected chi connectivity index (χ3v) is 7.54. The Hall–Kier alpha value is -4.62. The van der Waals surface area contributed by atoms with Gasteiger partial charge in [0.1, 0.15) is 11.9 Å². The minimum atomic E-state index is 0.0227. The van der Waals surface area contributed by atoms with Gasteiger partial charge in [0.15, 0.2) is 0 Å². The molecule has 0 N–H and O–H groups in total. The lowest BCUT2D eigenvalue weighted by Gasteiger charge is -2.24. The second-order valence-electron chi connectivity index (χ2n) is 9.38. The third kappa shape index (κ3) is 3.47. The highest BCUT2D eigenvalue weighted by Crippen LogP contribution is 2.47. The predicted molar refractivity (Wildman–Crippen MR) is 160 cm³/mol. The van der Waals surface area contributed by atoms with Crippen molar-refractivity contribution in [2.24, 2.45) is 0 Å². The highest BCUT2D eigenvalue weighted by atomic mass is 16.5. The van der Waals surface area contributed by atoms with E-state index < -0.39 is 0 Å². The van der Waals surface area contributed by atoms with Crippen LogP contribution in [0.25, 0.3) is 51.8 Å². The lowest BCUT2D eigenvalue weighted by atomic mass is 9.79. The summed E-state index contributed by atoms with van der Waals surface area (Å²) in [4.78, 5) is 0. The monoisotopic (exact) mass is 476 g/mol. The zero-order chi connectivity index (χ0) is 25.5. The van der Waals surface area contributed by atoms with E-state index in [9.17, 15) is 0 Å². The molecule has 2 atom stereocenters. The molecular formula is C36H28O. The highest BCUT2D eigenvalue weighted by molar-refractivity contribution is 6.11. The molecule has 0 amide bonds. The molecule has 0 bridgehead atoms. The molecule has 0 saturated heterocycles. The normalized spacial score (nSPS) is 17.4. The molecule has 178 valence electrons. The van der Waals surface area contributed by atoms with Crippen LogP contribution in [0.4, 0.5) is 0 Å². The molecule has 1 nitrogen and oxygen atoms in total. The zero-order valence-corrected chi connectivity index (χ0v) is 20.8. The molecule has 0 spiro atoms. The number of rotatable bonds is 6. The van der Waals surface area contributed by atoms with Gasteiger partial charge in [-0.1, -0.05) is 123 Å². The molecule has 1 heteroatoms. The fourth-order valence-corrected chi connectivity index (χ4v) is 5.93. The quantitative estimate of drug-likeness (QED) is 0.269. The van der Waals surface area contributed by atoms with Gasteiger partial charge in [-0.3, -0.25) is 0 Å². The van der Waals surface area contributed by atoms with Crippen LogP contribution in [-0.2, 0) is 0 Å². The Labute approximate surface area is 218 Å². The molecule has 1 aliphatic heterocycles. The molecular weight excluding hydrogens is 448 g/mol. The maximum atomic E-state index is 6.22. The van der Waals surface area contributed by atoms with Crippen molar-refractivity contribution in [1.82, 2.24) is 0 Å². The molecule has 0 fully saturated rings. The Balaban J connectivity index is 1.67. The van der Waals surface area contributed by atoms with Gasteiger partial charge >= 0.3 is 0 Å². The fourth-order valence-electron chi connectivity index (χ4n) is 5.93. The van der Waals surface area contributed by atoms with Crippen LogP contribution < -0.4 is 4.74 Å². The van der Waals surface area contributed by atoms with Crippen LogP contribution in [0.1, 0.15) is 39.3 Å². The summed E-state index contributed by atoms with van der Waals surface area (Å²) in [6, 6.07) is 23.3. The Morgan fingerprint density at radius 1 is 0.649 bits per heavy atom. The van der Waals surface area contributed by atoms with Gasteiger partial charge in [0.25, 0.3) is 0 Å². The first-order valence-corrected chi connectivity index (χ1v) is 12.6. The second kappa shape index (κ2) is 9.11. The van der Waals surface area contributed by atoms with E-state index >= 15 is 0 Å². The van der Waals surface area contributed by atoms with E-state index in [4.69, 9.17) is 4.74 Å². The average molecular weight is 477 g/mol. The summed E-state index contributed by atoms with van der Waals surface area (Å²) in [5.41, 5.74) is 10.1. The zero-order valence-electron chi connectivity index (χ0n) is 20.8. The second-order valence-corrected chi connectivity index (χ2v) is 9.38. The molecule has 0 radical (unpaired) electrons. The van der Waals surface area contributed by atoms with Crippen LogP contribution in [-0.4, -0.2) is 6.10 Å². The van der Waals surface area contributed by atoms with E-state index in [1.54, 1.807) is 0 Å². The first-order valence-electron chi connectivity index (χ1n) is 12.6. The summed E-state index contributed by atoms with van der Waals surface area (Å²) in [5.74, 6) is 1.14. The lowest BCUT2D eigenvalue weighted by Crippen LogP contribution is -2.17. The number of benzene rings is 4. The van der Waals surface area contributed by atoms with Gasteiger partial charge < -0.3 is 4.74 Å². The van der Waals surface area contributed by atoms with Crippen LogP contribution in [0.3, 0.4) is 0 Å². The van der Waals surface area contributed by atoms with Crippen molar-refractivity contribution in [3.05, 3.63) is 145 Å². The molecule has 4 aromatic rings. The van der Waals surface area contributed by atoms with Crippen molar-refractivity contribution in [3.8, 4) is 16.9 Å². The summed E-state index contributed by atoms with van der Waals surface area (Å²) >= 11 is 0. The summed E-state index contributed by atoms with van der Waals surface area (Å²) in [6.45, 7) is 16.6. The lowest BCUT2D eigenvalue weighted by molar-refractivity contribution is 0.269. The van der Waals surface area contributed by atoms with Gasteiger partial charge in [-0.2, -0.15) is 0 Å². The van der Waals surface area contributed by atoms with E-state index in [-0.39, 0.29) is 12.0 Å². The van der Waals surface area contributed by atoms with Crippen molar-refractivity contribution in [2.75, 3.05) is 0 Å². The van der Waals surface area contributed by atoms with E-state index in [1.807, 2.05) is 30.4 Å². The average Bonchev–Trinajstić information content (AvgIpc) is 3.33. The number of fused-ring (bicyclic) bond motifs is 4.